The number of H-pyrrole nitrogens is 1. The fourth-order valence-corrected chi connectivity index (χ4v) is 3.80. The highest BCUT2D eigenvalue weighted by Crippen LogP contribution is 2.38. The number of rotatable bonds is 6. The molecule has 0 bridgehead atoms. The normalized spacial score (nSPS) is 17.6. The lowest BCUT2D eigenvalue weighted by atomic mass is 10.0. The maximum Gasteiger partial charge on any atom is 0.344 e. The van der Waals surface area contributed by atoms with Crippen molar-refractivity contribution in [1.29, 1.82) is 0 Å². The number of nitrogens with one attached hydrogen (secondary N) is 2. The van der Waals surface area contributed by atoms with Gasteiger partial charge in [0, 0.05) is 17.3 Å². The average Bonchev–Trinajstić information content (AvgIpc) is 3.26. The standard InChI is InChI=1S/C15H20N4OS/c1-10(13(16-2)11-6-4-3-5-7-11)21-15-18-17-14(20)19(15)12-8-9-12/h3-7,10,12-13,16H,8-9H2,1-2H3,(H,17,20). The summed E-state index contributed by atoms with van der Waals surface area (Å²) in [7, 11) is 1.97. The van der Waals surface area contributed by atoms with Crippen LogP contribution in [0.2, 0.25) is 0 Å². The van der Waals surface area contributed by atoms with Gasteiger partial charge in [-0.2, -0.15) is 0 Å². The van der Waals surface area contributed by atoms with E-state index < -0.39 is 0 Å². The van der Waals surface area contributed by atoms with E-state index in [1.165, 1.54) is 5.56 Å². The molecule has 2 atom stereocenters. The lowest BCUT2D eigenvalue weighted by molar-refractivity contribution is 0.583. The molecule has 0 saturated heterocycles. The highest BCUT2D eigenvalue weighted by Gasteiger charge is 2.30. The van der Waals surface area contributed by atoms with Crippen molar-refractivity contribution in [3.8, 4) is 0 Å². The molecule has 3 rings (SSSR count). The molecule has 2 N–H and O–H groups in total. The molecule has 2 unspecified atom stereocenters. The van der Waals surface area contributed by atoms with Crippen LogP contribution in [0.1, 0.15) is 37.4 Å². The Hall–Kier alpha value is -1.53. The van der Waals surface area contributed by atoms with Gasteiger partial charge >= 0.3 is 5.69 Å². The van der Waals surface area contributed by atoms with Crippen LogP contribution in [-0.4, -0.2) is 27.1 Å². The summed E-state index contributed by atoms with van der Waals surface area (Å²) in [5.74, 6) is 0. The molecule has 1 saturated carbocycles. The molecule has 1 heterocycles. The van der Waals surface area contributed by atoms with Gasteiger partial charge in [-0.15, -0.1) is 5.10 Å². The summed E-state index contributed by atoms with van der Waals surface area (Å²) in [6, 6.07) is 10.9. The van der Waals surface area contributed by atoms with Crippen LogP contribution in [0.25, 0.3) is 0 Å². The maximum absolute atomic E-state index is 11.8. The van der Waals surface area contributed by atoms with E-state index in [0.29, 0.717) is 6.04 Å². The Morgan fingerprint density at radius 2 is 2.10 bits per heavy atom. The third-order valence-electron chi connectivity index (χ3n) is 3.81. The van der Waals surface area contributed by atoms with E-state index in [1.54, 1.807) is 16.3 Å². The van der Waals surface area contributed by atoms with Crippen molar-refractivity contribution in [3.63, 3.8) is 0 Å². The van der Waals surface area contributed by atoms with Gasteiger partial charge < -0.3 is 5.32 Å². The smallest absolute Gasteiger partial charge is 0.312 e. The number of aromatic nitrogens is 3. The van der Waals surface area contributed by atoms with Crippen LogP contribution in [0, 0.1) is 0 Å². The minimum Gasteiger partial charge on any atom is -0.312 e. The van der Waals surface area contributed by atoms with E-state index in [0.717, 1.165) is 18.0 Å². The van der Waals surface area contributed by atoms with Crippen molar-refractivity contribution in [2.75, 3.05) is 7.05 Å². The Kier molecular flexibility index (Phi) is 4.17. The second-order valence-corrected chi connectivity index (χ2v) is 6.76. The summed E-state index contributed by atoms with van der Waals surface area (Å²) in [4.78, 5) is 11.8. The zero-order valence-corrected chi connectivity index (χ0v) is 13.1. The van der Waals surface area contributed by atoms with Crippen molar-refractivity contribution in [3.05, 3.63) is 46.4 Å². The molecule has 0 radical (unpaired) electrons. The minimum atomic E-state index is -0.0899. The van der Waals surface area contributed by atoms with Crippen LogP contribution >= 0.6 is 11.8 Å². The zero-order chi connectivity index (χ0) is 14.8. The van der Waals surface area contributed by atoms with Crippen LogP contribution in [-0.2, 0) is 0 Å². The summed E-state index contributed by atoms with van der Waals surface area (Å²) >= 11 is 1.64. The van der Waals surface area contributed by atoms with E-state index >= 15 is 0 Å². The molecule has 1 aliphatic rings. The summed E-state index contributed by atoms with van der Waals surface area (Å²) in [6.07, 6.45) is 2.16. The van der Waals surface area contributed by atoms with Crippen molar-refractivity contribution < 1.29 is 0 Å². The average molecular weight is 304 g/mol. The molecule has 2 aromatic rings. The number of thioether (sulfide) groups is 1. The van der Waals surface area contributed by atoms with Crippen LogP contribution in [0.5, 0.6) is 0 Å². The largest absolute Gasteiger partial charge is 0.344 e. The number of hydrogen-bond acceptors (Lipinski definition) is 4. The lowest BCUT2D eigenvalue weighted by Gasteiger charge is -2.23. The quantitative estimate of drug-likeness (QED) is 0.804. The predicted octanol–water partition coefficient (Wildman–Crippen LogP) is 2.35. The van der Waals surface area contributed by atoms with Gasteiger partial charge in [0.1, 0.15) is 0 Å². The van der Waals surface area contributed by atoms with E-state index in [4.69, 9.17) is 0 Å². The van der Waals surface area contributed by atoms with Crippen molar-refractivity contribution in [2.24, 2.45) is 0 Å². The summed E-state index contributed by atoms with van der Waals surface area (Å²) in [5.41, 5.74) is 1.16. The van der Waals surface area contributed by atoms with Crippen molar-refractivity contribution >= 4 is 11.8 Å². The first-order valence-electron chi connectivity index (χ1n) is 7.26. The lowest BCUT2D eigenvalue weighted by Crippen LogP contribution is -2.26. The molecule has 0 aliphatic heterocycles. The third-order valence-corrected chi connectivity index (χ3v) is 4.96. The first-order valence-corrected chi connectivity index (χ1v) is 8.14. The molecule has 21 heavy (non-hydrogen) atoms. The second kappa shape index (κ2) is 6.07. The molecular formula is C15H20N4OS. The molecular weight excluding hydrogens is 284 g/mol. The van der Waals surface area contributed by atoms with Gasteiger partial charge in [0.25, 0.3) is 0 Å². The van der Waals surface area contributed by atoms with Gasteiger partial charge in [-0.1, -0.05) is 49.0 Å². The molecule has 1 aromatic heterocycles. The highest BCUT2D eigenvalue weighted by molar-refractivity contribution is 7.99. The van der Waals surface area contributed by atoms with Gasteiger partial charge in [-0.05, 0) is 25.5 Å². The van der Waals surface area contributed by atoms with Crippen LogP contribution in [0.15, 0.2) is 40.3 Å². The molecule has 0 amide bonds. The second-order valence-electron chi connectivity index (χ2n) is 5.41. The number of nitrogens with zero attached hydrogens (tertiary/aromatic N) is 2. The Labute approximate surface area is 128 Å². The van der Waals surface area contributed by atoms with Crippen LogP contribution < -0.4 is 11.0 Å². The van der Waals surface area contributed by atoms with Crippen LogP contribution in [0.3, 0.4) is 0 Å². The Morgan fingerprint density at radius 3 is 2.71 bits per heavy atom. The highest BCUT2D eigenvalue weighted by atomic mass is 32.2. The van der Waals surface area contributed by atoms with E-state index in [9.17, 15) is 4.79 Å². The van der Waals surface area contributed by atoms with Gasteiger partial charge in [-0.3, -0.25) is 4.57 Å². The van der Waals surface area contributed by atoms with E-state index in [1.807, 2.05) is 25.2 Å². The number of aromatic amines is 1. The maximum atomic E-state index is 11.8. The third kappa shape index (κ3) is 3.06. The van der Waals surface area contributed by atoms with Gasteiger partial charge in [0.05, 0.1) is 0 Å². The van der Waals surface area contributed by atoms with Crippen LogP contribution in [0.4, 0.5) is 0 Å². The van der Waals surface area contributed by atoms with Crippen molar-refractivity contribution in [2.45, 2.75) is 42.3 Å². The fraction of sp³-hybridized carbons (Fsp3) is 0.467. The molecule has 0 spiro atoms. The SMILES string of the molecule is CNC(c1ccccc1)C(C)Sc1n[nH]c(=O)n1C1CC1. The predicted molar refractivity (Wildman–Crippen MR) is 84.7 cm³/mol. The first-order chi connectivity index (χ1) is 10.2. The molecule has 6 heteroatoms. The zero-order valence-electron chi connectivity index (χ0n) is 12.2. The Morgan fingerprint density at radius 1 is 1.38 bits per heavy atom. The van der Waals surface area contributed by atoms with Gasteiger partial charge in [0.15, 0.2) is 5.16 Å². The van der Waals surface area contributed by atoms with E-state index in [-0.39, 0.29) is 17.0 Å². The summed E-state index contributed by atoms with van der Waals surface area (Å²) in [5, 5.41) is 11.2. The first kappa shape index (κ1) is 14.4. The topological polar surface area (TPSA) is 62.7 Å². The fourth-order valence-electron chi connectivity index (χ4n) is 2.60. The molecule has 1 aromatic carbocycles. The molecule has 1 fully saturated rings. The minimum absolute atomic E-state index is 0.0899. The summed E-state index contributed by atoms with van der Waals surface area (Å²) < 4.78 is 1.80. The number of benzene rings is 1. The van der Waals surface area contributed by atoms with Gasteiger partial charge in [-0.25, -0.2) is 9.89 Å². The monoisotopic (exact) mass is 304 g/mol. The molecule has 1 aliphatic carbocycles. The van der Waals surface area contributed by atoms with E-state index in [2.05, 4.69) is 34.6 Å². The molecule has 5 nitrogen and oxygen atoms in total. The Balaban J connectivity index is 1.79. The van der Waals surface area contributed by atoms with Crippen molar-refractivity contribution in [1.82, 2.24) is 20.1 Å². The Bertz CT molecular complexity index is 647. The van der Waals surface area contributed by atoms with Gasteiger partial charge in [0.2, 0.25) is 0 Å². The summed E-state index contributed by atoms with van der Waals surface area (Å²) in [6.45, 7) is 2.16. The molecule has 112 valence electrons. The number of hydrogen-bond donors (Lipinski definition) is 2.